The van der Waals surface area contributed by atoms with Gasteiger partial charge in [-0.25, -0.2) is 0 Å². The normalized spacial score (nSPS) is 15.4. The van der Waals surface area contributed by atoms with Crippen LogP contribution in [-0.2, 0) is 0 Å². The molecule has 0 spiro atoms. The third kappa shape index (κ3) is 7.76. The van der Waals surface area contributed by atoms with Gasteiger partial charge in [-0.3, -0.25) is 0 Å². The molecule has 0 aliphatic heterocycles. The molecule has 1 aliphatic rings. The summed E-state index contributed by atoms with van der Waals surface area (Å²) in [6, 6.07) is 26.2. The quantitative estimate of drug-likeness (QED) is 0.264. The SMILES string of the molecule is CN(C)c1ccc(C(=CC=CC=CC(c2ccc(N(C)C)cc2)C2C=CC(=N)C=C2)c2ccc(N(C)C)cc2)cc1. The van der Waals surface area contributed by atoms with Crippen molar-refractivity contribution in [1.29, 1.82) is 5.41 Å². The molecular formula is C37H42N4. The van der Waals surface area contributed by atoms with Crippen LogP contribution in [0.4, 0.5) is 17.1 Å². The third-order valence-corrected chi connectivity index (χ3v) is 7.40. The van der Waals surface area contributed by atoms with E-state index in [0.717, 1.165) is 0 Å². The number of benzene rings is 3. The molecule has 0 aromatic heterocycles. The van der Waals surface area contributed by atoms with E-state index in [0.29, 0.717) is 5.71 Å². The smallest absolute Gasteiger partial charge is 0.0533 e. The molecule has 0 bridgehead atoms. The third-order valence-electron chi connectivity index (χ3n) is 7.40. The van der Waals surface area contributed by atoms with E-state index in [2.05, 4.69) is 172 Å². The number of hydrogen-bond donors (Lipinski definition) is 1. The van der Waals surface area contributed by atoms with Crippen LogP contribution < -0.4 is 14.7 Å². The Labute approximate surface area is 246 Å². The second-order valence-electron chi connectivity index (χ2n) is 11.0. The number of hydrogen-bond acceptors (Lipinski definition) is 4. The van der Waals surface area contributed by atoms with Crippen molar-refractivity contribution in [2.45, 2.75) is 5.92 Å². The number of rotatable bonds is 10. The van der Waals surface area contributed by atoms with Gasteiger partial charge in [0.25, 0.3) is 0 Å². The number of nitrogens with zero attached hydrogens (tertiary/aromatic N) is 3. The second kappa shape index (κ2) is 13.7. The Morgan fingerprint density at radius 3 is 1.49 bits per heavy atom. The summed E-state index contributed by atoms with van der Waals surface area (Å²) in [5.74, 6) is 0.382. The lowest BCUT2D eigenvalue weighted by molar-refractivity contribution is 0.705. The van der Waals surface area contributed by atoms with Gasteiger partial charge in [0.05, 0.1) is 5.71 Å². The van der Waals surface area contributed by atoms with Crippen LogP contribution in [-0.4, -0.2) is 48.0 Å². The van der Waals surface area contributed by atoms with Crippen LogP contribution in [0.1, 0.15) is 22.6 Å². The predicted molar refractivity (Wildman–Crippen MR) is 180 cm³/mol. The lowest BCUT2D eigenvalue weighted by atomic mass is 9.83. The van der Waals surface area contributed by atoms with E-state index in [-0.39, 0.29) is 11.8 Å². The molecule has 4 rings (SSSR count). The van der Waals surface area contributed by atoms with Crippen molar-refractivity contribution in [2.75, 3.05) is 57.0 Å². The maximum absolute atomic E-state index is 7.92. The summed E-state index contributed by atoms with van der Waals surface area (Å²) in [5.41, 5.74) is 8.88. The summed E-state index contributed by atoms with van der Waals surface area (Å²) < 4.78 is 0. The average Bonchev–Trinajstić information content (AvgIpc) is 2.98. The molecule has 0 saturated carbocycles. The van der Waals surface area contributed by atoms with Crippen molar-refractivity contribution in [1.82, 2.24) is 0 Å². The topological polar surface area (TPSA) is 33.6 Å². The van der Waals surface area contributed by atoms with Crippen LogP contribution in [0.5, 0.6) is 0 Å². The van der Waals surface area contributed by atoms with Crippen molar-refractivity contribution in [3.8, 4) is 0 Å². The van der Waals surface area contributed by atoms with E-state index >= 15 is 0 Å². The Balaban J connectivity index is 1.62. The average molecular weight is 543 g/mol. The van der Waals surface area contributed by atoms with Crippen LogP contribution in [0.15, 0.2) is 127 Å². The molecule has 0 heterocycles. The van der Waals surface area contributed by atoms with Gasteiger partial charge < -0.3 is 20.1 Å². The molecule has 0 amide bonds. The van der Waals surface area contributed by atoms with E-state index in [1.54, 1.807) is 0 Å². The summed E-state index contributed by atoms with van der Waals surface area (Å²) in [6.07, 6.45) is 18.9. The van der Waals surface area contributed by atoms with Gasteiger partial charge in [0.1, 0.15) is 0 Å². The highest BCUT2D eigenvalue weighted by atomic mass is 15.1. The summed E-state index contributed by atoms with van der Waals surface area (Å²) >= 11 is 0. The molecule has 1 atom stereocenters. The monoisotopic (exact) mass is 542 g/mol. The highest BCUT2D eigenvalue weighted by molar-refractivity contribution is 6.02. The van der Waals surface area contributed by atoms with Gasteiger partial charge in [-0.1, -0.05) is 78.9 Å². The van der Waals surface area contributed by atoms with E-state index in [4.69, 9.17) is 5.41 Å². The summed E-state index contributed by atoms with van der Waals surface area (Å²) in [6.45, 7) is 0. The van der Waals surface area contributed by atoms with E-state index in [1.807, 2.05) is 12.2 Å². The first kappa shape index (κ1) is 29.4. The van der Waals surface area contributed by atoms with Crippen LogP contribution in [0.3, 0.4) is 0 Å². The van der Waals surface area contributed by atoms with Gasteiger partial charge in [0, 0.05) is 71.2 Å². The highest BCUT2D eigenvalue weighted by Crippen LogP contribution is 2.32. The van der Waals surface area contributed by atoms with Gasteiger partial charge in [0.15, 0.2) is 0 Å². The van der Waals surface area contributed by atoms with Crippen molar-refractivity contribution < 1.29 is 0 Å². The number of nitrogens with one attached hydrogen (secondary N) is 1. The zero-order chi connectivity index (χ0) is 29.4. The number of anilines is 3. The van der Waals surface area contributed by atoms with Gasteiger partial charge in [-0.05, 0) is 70.8 Å². The number of allylic oxidation sites excluding steroid dienone is 9. The lowest BCUT2D eigenvalue weighted by Gasteiger charge is -2.22. The maximum Gasteiger partial charge on any atom is 0.0533 e. The van der Waals surface area contributed by atoms with Gasteiger partial charge >= 0.3 is 0 Å². The van der Waals surface area contributed by atoms with Crippen molar-refractivity contribution in [3.63, 3.8) is 0 Å². The van der Waals surface area contributed by atoms with Crippen molar-refractivity contribution in [2.24, 2.45) is 5.92 Å². The lowest BCUT2D eigenvalue weighted by Crippen LogP contribution is -2.11. The Morgan fingerprint density at radius 1 is 0.610 bits per heavy atom. The Morgan fingerprint density at radius 2 is 1.05 bits per heavy atom. The minimum atomic E-state index is 0.178. The molecule has 4 nitrogen and oxygen atoms in total. The molecule has 3 aromatic rings. The van der Waals surface area contributed by atoms with Crippen LogP contribution in [0, 0.1) is 11.3 Å². The van der Waals surface area contributed by atoms with E-state index < -0.39 is 0 Å². The van der Waals surface area contributed by atoms with Crippen LogP contribution in [0.2, 0.25) is 0 Å². The summed E-state index contributed by atoms with van der Waals surface area (Å²) in [5, 5.41) is 7.92. The summed E-state index contributed by atoms with van der Waals surface area (Å²) in [7, 11) is 12.4. The molecule has 0 saturated heterocycles. The second-order valence-corrected chi connectivity index (χ2v) is 11.0. The minimum absolute atomic E-state index is 0.178. The molecule has 41 heavy (non-hydrogen) atoms. The molecule has 3 aromatic carbocycles. The molecular weight excluding hydrogens is 500 g/mol. The van der Waals surface area contributed by atoms with Gasteiger partial charge in [-0.15, -0.1) is 0 Å². The zero-order valence-electron chi connectivity index (χ0n) is 25.1. The van der Waals surface area contributed by atoms with Crippen molar-refractivity contribution in [3.05, 3.63) is 144 Å². The Hall–Kier alpha value is -4.57. The fraction of sp³-hybridized carbons (Fsp3) is 0.216. The Bertz CT molecular complexity index is 1380. The van der Waals surface area contributed by atoms with Crippen LogP contribution >= 0.6 is 0 Å². The molecule has 0 fully saturated rings. The molecule has 0 radical (unpaired) electrons. The van der Waals surface area contributed by atoms with E-state index in [1.165, 1.54) is 39.3 Å². The molecule has 1 aliphatic carbocycles. The first-order chi connectivity index (χ1) is 19.7. The first-order valence-electron chi connectivity index (χ1n) is 14.1. The molecule has 210 valence electrons. The van der Waals surface area contributed by atoms with E-state index in [9.17, 15) is 0 Å². The zero-order valence-corrected chi connectivity index (χ0v) is 25.1. The standard InChI is InChI=1S/C37H42N4/c1-39(2)33-22-14-29(15-23-33)36(28-12-20-32(38)21-13-28)10-8-7-9-11-37(30-16-24-34(25-17-30)40(3)4)31-18-26-35(27-19-31)41(5)6/h7-28,36,38H,1-6H3. The maximum atomic E-state index is 7.92. The van der Waals surface area contributed by atoms with Gasteiger partial charge in [0.2, 0.25) is 0 Å². The fourth-order valence-electron chi connectivity index (χ4n) is 4.88. The fourth-order valence-corrected chi connectivity index (χ4v) is 4.88. The Kier molecular flexibility index (Phi) is 9.81. The van der Waals surface area contributed by atoms with Crippen LogP contribution in [0.25, 0.3) is 5.57 Å². The molecule has 4 heteroatoms. The van der Waals surface area contributed by atoms with Gasteiger partial charge in [-0.2, -0.15) is 0 Å². The first-order valence-corrected chi connectivity index (χ1v) is 14.1. The minimum Gasteiger partial charge on any atom is -0.378 e. The predicted octanol–water partition coefficient (Wildman–Crippen LogP) is 7.97. The highest BCUT2D eigenvalue weighted by Gasteiger charge is 2.18. The summed E-state index contributed by atoms with van der Waals surface area (Å²) in [4.78, 5) is 6.35. The largest absolute Gasteiger partial charge is 0.378 e. The molecule has 1 N–H and O–H groups in total. The van der Waals surface area contributed by atoms with Crippen molar-refractivity contribution >= 4 is 28.3 Å². The molecule has 1 unspecified atom stereocenters.